The van der Waals surface area contributed by atoms with Gasteiger partial charge in [-0.15, -0.1) is 0 Å². The van der Waals surface area contributed by atoms with Crippen molar-refractivity contribution in [2.75, 3.05) is 0 Å². The fraction of sp³-hybridized carbons (Fsp3) is 0.643. The molecule has 2 saturated carbocycles. The summed E-state index contributed by atoms with van der Waals surface area (Å²) in [6, 6.07) is 0. The quantitative estimate of drug-likeness (QED) is 0.549. The first-order chi connectivity index (χ1) is 7.31. The minimum atomic E-state index is 0.359. The first kappa shape index (κ1) is 8.32. The molecule has 0 N–H and O–H groups in total. The molecule has 0 aromatic rings. The Bertz CT molecular complexity index is 392. The van der Waals surface area contributed by atoms with Gasteiger partial charge in [-0.25, -0.2) is 0 Å². The van der Waals surface area contributed by atoms with Crippen LogP contribution in [0.5, 0.6) is 0 Å². The maximum absolute atomic E-state index is 11.9. The number of allylic oxidation sites excluding steroid dienone is 4. The van der Waals surface area contributed by atoms with E-state index in [0.717, 1.165) is 5.92 Å². The van der Waals surface area contributed by atoms with Crippen LogP contribution in [0, 0.1) is 29.1 Å². The zero-order chi connectivity index (χ0) is 10.0. The molecule has 0 heterocycles. The average Bonchev–Trinajstić information content (AvgIpc) is 2.86. The molecular weight excluding hydrogens is 184 g/mol. The van der Waals surface area contributed by atoms with Gasteiger partial charge in [0.2, 0.25) is 0 Å². The van der Waals surface area contributed by atoms with Gasteiger partial charge in [0.15, 0.2) is 5.78 Å². The fourth-order valence-corrected chi connectivity index (χ4v) is 4.93. The SMILES string of the molecule is O=C1C=C[C@@H]2C[C@]34C=CC[C@@H]3CC[C@@H]4[C@H]12. The van der Waals surface area contributed by atoms with E-state index >= 15 is 0 Å². The molecule has 0 radical (unpaired) electrons. The van der Waals surface area contributed by atoms with E-state index in [1.807, 2.05) is 6.08 Å². The number of carbonyl (C=O) groups excluding carboxylic acids is 1. The maximum Gasteiger partial charge on any atom is 0.159 e. The Kier molecular flexibility index (Phi) is 1.36. The van der Waals surface area contributed by atoms with E-state index in [1.54, 1.807) is 0 Å². The summed E-state index contributed by atoms with van der Waals surface area (Å²) < 4.78 is 0. The van der Waals surface area contributed by atoms with Crippen LogP contribution in [0.3, 0.4) is 0 Å². The fourth-order valence-electron chi connectivity index (χ4n) is 4.93. The summed E-state index contributed by atoms with van der Waals surface area (Å²) in [7, 11) is 0. The van der Waals surface area contributed by atoms with Crippen LogP contribution < -0.4 is 0 Å². The van der Waals surface area contributed by atoms with Crippen molar-refractivity contribution in [2.24, 2.45) is 29.1 Å². The molecule has 4 aliphatic carbocycles. The third-order valence-electron chi connectivity index (χ3n) is 5.45. The van der Waals surface area contributed by atoms with Gasteiger partial charge in [-0.05, 0) is 54.9 Å². The molecule has 4 rings (SSSR count). The monoisotopic (exact) mass is 200 g/mol. The Hall–Kier alpha value is -0.850. The Morgan fingerprint density at radius 3 is 3.20 bits per heavy atom. The van der Waals surface area contributed by atoms with Crippen LogP contribution in [0.25, 0.3) is 0 Å². The second-order valence-corrected chi connectivity index (χ2v) is 5.79. The minimum Gasteiger partial charge on any atom is -0.295 e. The molecule has 0 aromatic heterocycles. The highest BCUT2D eigenvalue weighted by molar-refractivity contribution is 5.95. The zero-order valence-corrected chi connectivity index (χ0v) is 8.86. The van der Waals surface area contributed by atoms with E-state index in [4.69, 9.17) is 0 Å². The third kappa shape index (κ3) is 0.802. The van der Waals surface area contributed by atoms with Gasteiger partial charge >= 0.3 is 0 Å². The van der Waals surface area contributed by atoms with E-state index in [-0.39, 0.29) is 0 Å². The highest BCUT2D eigenvalue weighted by Gasteiger charge is 2.61. The zero-order valence-electron chi connectivity index (χ0n) is 8.86. The summed E-state index contributed by atoms with van der Waals surface area (Å²) in [6.07, 6.45) is 14.0. The van der Waals surface area contributed by atoms with Crippen LogP contribution in [0.4, 0.5) is 0 Å². The normalized spacial score (nSPS) is 54.8. The number of fused-ring (bicyclic) bond motifs is 2. The Labute approximate surface area is 90.2 Å². The number of rotatable bonds is 0. The van der Waals surface area contributed by atoms with Gasteiger partial charge in [0.05, 0.1) is 0 Å². The molecule has 1 nitrogen and oxygen atoms in total. The summed E-state index contributed by atoms with van der Waals surface area (Å²) in [4.78, 5) is 11.9. The first-order valence-corrected chi connectivity index (χ1v) is 6.21. The first-order valence-electron chi connectivity index (χ1n) is 6.21. The van der Waals surface area contributed by atoms with E-state index < -0.39 is 0 Å². The molecule has 0 amide bonds. The van der Waals surface area contributed by atoms with Crippen molar-refractivity contribution in [2.45, 2.75) is 25.7 Å². The van der Waals surface area contributed by atoms with Crippen molar-refractivity contribution >= 4 is 5.78 Å². The lowest BCUT2D eigenvalue weighted by atomic mass is 9.74. The van der Waals surface area contributed by atoms with Gasteiger partial charge < -0.3 is 0 Å². The molecule has 2 fully saturated rings. The topological polar surface area (TPSA) is 17.1 Å². The second-order valence-electron chi connectivity index (χ2n) is 5.79. The number of hydrogen-bond donors (Lipinski definition) is 0. The molecule has 4 aliphatic rings. The van der Waals surface area contributed by atoms with Crippen molar-refractivity contribution in [3.63, 3.8) is 0 Å². The molecule has 0 unspecified atom stereocenters. The van der Waals surface area contributed by atoms with Crippen molar-refractivity contribution in [3.8, 4) is 0 Å². The van der Waals surface area contributed by atoms with Crippen LogP contribution in [-0.2, 0) is 4.79 Å². The highest BCUT2D eigenvalue weighted by Crippen LogP contribution is 2.66. The molecule has 1 heteroatoms. The van der Waals surface area contributed by atoms with Gasteiger partial charge in [-0.1, -0.05) is 18.2 Å². The lowest BCUT2D eigenvalue weighted by Crippen LogP contribution is -2.26. The molecule has 0 saturated heterocycles. The molecule has 0 bridgehead atoms. The van der Waals surface area contributed by atoms with Crippen LogP contribution in [-0.4, -0.2) is 5.78 Å². The smallest absolute Gasteiger partial charge is 0.159 e. The van der Waals surface area contributed by atoms with Gasteiger partial charge in [-0.2, -0.15) is 0 Å². The number of hydrogen-bond acceptors (Lipinski definition) is 1. The maximum atomic E-state index is 11.9. The summed E-state index contributed by atoms with van der Waals surface area (Å²) in [5.74, 6) is 2.90. The molecule has 5 atom stereocenters. The third-order valence-corrected chi connectivity index (χ3v) is 5.45. The number of ketones is 1. The van der Waals surface area contributed by atoms with Crippen LogP contribution in [0.2, 0.25) is 0 Å². The molecular formula is C14H16O. The van der Waals surface area contributed by atoms with Gasteiger partial charge in [0.25, 0.3) is 0 Å². The van der Waals surface area contributed by atoms with Gasteiger partial charge in [-0.3, -0.25) is 4.79 Å². The van der Waals surface area contributed by atoms with Gasteiger partial charge in [0.1, 0.15) is 0 Å². The van der Waals surface area contributed by atoms with Crippen molar-refractivity contribution in [3.05, 3.63) is 24.3 Å². The molecule has 15 heavy (non-hydrogen) atoms. The van der Waals surface area contributed by atoms with Crippen LogP contribution >= 0.6 is 0 Å². The predicted molar refractivity (Wildman–Crippen MR) is 58.1 cm³/mol. The second kappa shape index (κ2) is 2.45. The minimum absolute atomic E-state index is 0.359. The summed E-state index contributed by atoms with van der Waals surface area (Å²) in [5.41, 5.74) is 0.440. The van der Waals surface area contributed by atoms with E-state index in [9.17, 15) is 4.79 Å². The molecule has 78 valence electrons. The van der Waals surface area contributed by atoms with E-state index in [0.29, 0.717) is 29.0 Å². The lowest BCUT2D eigenvalue weighted by molar-refractivity contribution is -0.119. The Balaban J connectivity index is 1.82. The Morgan fingerprint density at radius 1 is 1.33 bits per heavy atom. The molecule has 0 aromatic carbocycles. The average molecular weight is 200 g/mol. The van der Waals surface area contributed by atoms with Crippen molar-refractivity contribution in [1.82, 2.24) is 0 Å². The summed E-state index contributed by atoms with van der Waals surface area (Å²) in [6.45, 7) is 0. The van der Waals surface area contributed by atoms with E-state index in [2.05, 4.69) is 18.2 Å². The summed E-state index contributed by atoms with van der Waals surface area (Å²) >= 11 is 0. The predicted octanol–water partition coefficient (Wildman–Crippen LogP) is 2.73. The van der Waals surface area contributed by atoms with Crippen molar-refractivity contribution in [1.29, 1.82) is 0 Å². The highest BCUT2D eigenvalue weighted by atomic mass is 16.1. The summed E-state index contributed by atoms with van der Waals surface area (Å²) in [5, 5.41) is 0. The largest absolute Gasteiger partial charge is 0.295 e. The lowest BCUT2D eigenvalue weighted by Gasteiger charge is -2.29. The standard InChI is InChI=1S/C14H16O/c15-12-6-3-9-8-14-7-1-2-10(14)4-5-11(14)13(9)12/h1,3,6-7,9-11,13H,2,4-5,8H2/t9-,10-,11-,13-,14-/m1/s1. The molecule has 0 aliphatic heterocycles. The number of carbonyl (C=O) groups is 1. The van der Waals surface area contributed by atoms with Crippen LogP contribution in [0.15, 0.2) is 24.3 Å². The van der Waals surface area contributed by atoms with Crippen molar-refractivity contribution < 1.29 is 4.79 Å². The molecule has 1 spiro atoms. The van der Waals surface area contributed by atoms with Gasteiger partial charge in [0, 0.05) is 5.92 Å². The Morgan fingerprint density at radius 2 is 2.27 bits per heavy atom. The van der Waals surface area contributed by atoms with E-state index in [1.165, 1.54) is 25.7 Å². The van der Waals surface area contributed by atoms with Crippen LogP contribution in [0.1, 0.15) is 25.7 Å².